The lowest BCUT2D eigenvalue weighted by Crippen LogP contribution is -2.34. The molecule has 0 fully saturated rings. The molecule has 3 heteroatoms. The highest BCUT2D eigenvalue weighted by Gasteiger charge is 2.38. The van der Waals surface area contributed by atoms with E-state index in [1.54, 1.807) is 11.6 Å². The first-order valence-electron chi connectivity index (χ1n) is 9.28. The average Bonchev–Trinajstić information content (AvgIpc) is 2.58. The zero-order valence-electron chi connectivity index (χ0n) is 16.1. The standard InChI is InChI=1S/C23H28O3/c1-22(2)13-14-23(3,4)20-15-18(10-11-19(20)22)26-17-8-5-16(6-9-17)7-12-21(24)25/h5-9,12-14,18H,10-11,15H2,1-4H3,(H,24,25). The normalized spacial score (nSPS) is 23.8. The molecule has 2 aliphatic rings. The lowest BCUT2D eigenvalue weighted by atomic mass is 9.63. The number of hydrogen-bond acceptors (Lipinski definition) is 2. The summed E-state index contributed by atoms with van der Waals surface area (Å²) < 4.78 is 6.25. The second-order valence-electron chi connectivity index (χ2n) is 8.46. The van der Waals surface area contributed by atoms with Gasteiger partial charge in [-0.05, 0) is 36.6 Å². The third kappa shape index (κ3) is 3.92. The van der Waals surface area contributed by atoms with Gasteiger partial charge in [0.2, 0.25) is 0 Å². The Morgan fingerprint density at radius 1 is 1.08 bits per heavy atom. The van der Waals surface area contributed by atoms with Gasteiger partial charge >= 0.3 is 5.97 Å². The van der Waals surface area contributed by atoms with Crippen molar-refractivity contribution in [1.29, 1.82) is 0 Å². The summed E-state index contributed by atoms with van der Waals surface area (Å²) in [6, 6.07) is 7.61. The van der Waals surface area contributed by atoms with Crippen LogP contribution in [0.4, 0.5) is 0 Å². The summed E-state index contributed by atoms with van der Waals surface area (Å²) >= 11 is 0. The van der Waals surface area contributed by atoms with Gasteiger partial charge in [0.25, 0.3) is 0 Å². The zero-order valence-corrected chi connectivity index (χ0v) is 16.1. The predicted molar refractivity (Wildman–Crippen MR) is 105 cm³/mol. The maximum absolute atomic E-state index is 10.6. The van der Waals surface area contributed by atoms with E-state index >= 15 is 0 Å². The number of hydrogen-bond donors (Lipinski definition) is 1. The minimum atomic E-state index is -0.941. The first-order chi connectivity index (χ1) is 12.2. The van der Waals surface area contributed by atoms with Crippen LogP contribution in [0.5, 0.6) is 5.75 Å². The summed E-state index contributed by atoms with van der Waals surface area (Å²) in [5.74, 6) is -0.0985. The molecular weight excluding hydrogens is 324 g/mol. The fraction of sp³-hybridized carbons (Fsp3) is 0.435. The van der Waals surface area contributed by atoms with Gasteiger partial charge in [0, 0.05) is 23.3 Å². The molecule has 0 radical (unpaired) electrons. The van der Waals surface area contributed by atoms with Gasteiger partial charge in [-0.2, -0.15) is 0 Å². The van der Waals surface area contributed by atoms with E-state index in [2.05, 4.69) is 39.8 Å². The van der Waals surface area contributed by atoms with Crippen LogP contribution in [0.2, 0.25) is 0 Å². The fourth-order valence-electron chi connectivity index (χ4n) is 4.01. The van der Waals surface area contributed by atoms with Crippen molar-refractivity contribution < 1.29 is 14.6 Å². The second kappa shape index (κ2) is 6.79. The zero-order chi connectivity index (χ0) is 18.9. The molecule has 0 aromatic heterocycles. The quantitative estimate of drug-likeness (QED) is 0.564. The van der Waals surface area contributed by atoms with Crippen molar-refractivity contribution in [3.63, 3.8) is 0 Å². The van der Waals surface area contributed by atoms with E-state index in [-0.39, 0.29) is 16.9 Å². The summed E-state index contributed by atoms with van der Waals surface area (Å²) in [7, 11) is 0. The molecule has 0 saturated heterocycles. The van der Waals surface area contributed by atoms with Gasteiger partial charge in [-0.15, -0.1) is 0 Å². The predicted octanol–water partition coefficient (Wildman–Crippen LogP) is 5.63. The summed E-state index contributed by atoms with van der Waals surface area (Å²) in [5.41, 5.74) is 4.21. The Kier molecular flexibility index (Phi) is 4.83. The van der Waals surface area contributed by atoms with Gasteiger partial charge < -0.3 is 9.84 Å². The molecule has 2 aliphatic carbocycles. The molecule has 0 heterocycles. The third-order valence-corrected chi connectivity index (χ3v) is 5.59. The number of allylic oxidation sites excluding steroid dienone is 3. The SMILES string of the molecule is CC1(C)C=CC(C)(C)C2=C1CCC(Oc1ccc(C=CC(=O)O)cc1)C2. The first kappa shape index (κ1) is 18.5. The lowest BCUT2D eigenvalue weighted by Gasteiger charge is -2.43. The monoisotopic (exact) mass is 352 g/mol. The molecule has 1 unspecified atom stereocenters. The number of ether oxygens (including phenoxy) is 1. The Balaban J connectivity index is 1.71. The van der Waals surface area contributed by atoms with Gasteiger partial charge in [-0.25, -0.2) is 4.79 Å². The number of rotatable bonds is 4. The van der Waals surface area contributed by atoms with Gasteiger partial charge in [0.1, 0.15) is 11.9 Å². The van der Waals surface area contributed by atoms with Crippen LogP contribution >= 0.6 is 0 Å². The van der Waals surface area contributed by atoms with Crippen LogP contribution in [0.1, 0.15) is 52.5 Å². The van der Waals surface area contributed by atoms with E-state index in [4.69, 9.17) is 9.84 Å². The van der Waals surface area contributed by atoms with Crippen molar-refractivity contribution in [1.82, 2.24) is 0 Å². The Labute approximate surface area is 156 Å². The van der Waals surface area contributed by atoms with E-state index in [1.165, 1.54) is 5.57 Å². The van der Waals surface area contributed by atoms with E-state index in [9.17, 15) is 4.79 Å². The van der Waals surface area contributed by atoms with Crippen molar-refractivity contribution in [2.45, 2.75) is 53.1 Å². The molecule has 0 bridgehead atoms. The van der Waals surface area contributed by atoms with E-state index in [0.717, 1.165) is 36.7 Å². The highest BCUT2D eigenvalue weighted by atomic mass is 16.5. The average molecular weight is 352 g/mol. The Morgan fingerprint density at radius 2 is 1.69 bits per heavy atom. The largest absolute Gasteiger partial charge is 0.490 e. The van der Waals surface area contributed by atoms with Crippen LogP contribution in [0.3, 0.4) is 0 Å². The molecule has 26 heavy (non-hydrogen) atoms. The molecule has 0 aliphatic heterocycles. The molecule has 3 rings (SSSR count). The smallest absolute Gasteiger partial charge is 0.328 e. The van der Waals surface area contributed by atoms with Gasteiger partial charge in [-0.3, -0.25) is 0 Å². The van der Waals surface area contributed by atoms with E-state index in [1.807, 2.05) is 24.3 Å². The molecule has 0 saturated carbocycles. The Hall–Kier alpha value is -2.29. The highest BCUT2D eigenvalue weighted by Crippen LogP contribution is 2.50. The van der Waals surface area contributed by atoms with E-state index < -0.39 is 5.97 Å². The van der Waals surface area contributed by atoms with E-state index in [0.29, 0.717) is 0 Å². The van der Waals surface area contributed by atoms with Gasteiger partial charge in [0.05, 0.1) is 0 Å². The fourth-order valence-corrected chi connectivity index (χ4v) is 4.01. The van der Waals surface area contributed by atoms with Crippen LogP contribution in [-0.2, 0) is 4.79 Å². The summed E-state index contributed by atoms with van der Waals surface area (Å²) in [5, 5.41) is 8.70. The second-order valence-corrected chi connectivity index (χ2v) is 8.46. The summed E-state index contributed by atoms with van der Waals surface area (Å²) in [4.78, 5) is 10.6. The van der Waals surface area contributed by atoms with Gasteiger partial charge in [-0.1, -0.05) is 63.1 Å². The van der Waals surface area contributed by atoms with Crippen LogP contribution in [0, 0.1) is 10.8 Å². The number of aliphatic carboxylic acids is 1. The molecule has 1 N–H and O–H groups in total. The minimum absolute atomic E-state index is 0.0956. The van der Waals surface area contributed by atoms with Crippen LogP contribution in [-0.4, -0.2) is 17.2 Å². The van der Waals surface area contributed by atoms with Crippen LogP contribution in [0.25, 0.3) is 6.08 Å². The molecule has 1 aromatic carbocycles. The third-order valence-electron chi connectivity index (χ3n) is 5.59. The highest BCUT2D eigenvalue weighted by molar-refractivity contribution is 5.85. The summed E-state index contributed by atoms with van der Waals surface area (Å²) in [6.45, 7) is 9.19. The molecule has 0 spiro atoms. The Morgan fingerprint density at radius 3 is 2.31 bits per heavy atom. The molecule has 3 nitrogen and oxygen atoms in total. The number of carboxylic acids is 1. The van der Waals surface area contributed by atoms with Crippen molar-refractivity contribution in [2.75, 3.05) is 0 Å². The maximum Gasteiger partial charge on any atom is 0.328 e. The molecule has 138 valence electrons. The first-order valence-corrected chi connectivity index (χ1v) is 9.28. The molecular formula is C23H28O3. The lowest BCUT2D eigenvalue weighted by molar-refractivity contribution is -0.131. The summed E-state index contributed by atoms with van der Waals surface area (Å²) in [6.07, 6.45) is 10.7. The van der Waals surface area contributed by atoms with Crippen LogP contribution < -0.4 is 4.74 Å². The van der Waals surface area contributed by atoms with Crippen molar-refractivity contribution in [2.24, 2.45) is 10.8 Å². The van der Waals surface area contributed by atoms with Gasteiger partial charge in [0.15, 0.2) is 0 Å². The molecule has 1 aromatic rings. The van der Waals surface area contributed by atoms with Crippen LogP contribution in [0.15, 0.2) is 53.6 Å². The number of carbonyl (C=O) groups is 1. The number of carboxylic acid groups (broad SMARTS) is 1. The van der Waals surface area contributed by atoms with Crippen molar-refractivity contribution >= 4 is 12.0 Å². The minimum Gasteiger partial charge on any atom is -0.490 e. The number of benzene rings is 1. The maximum atomic E-state index is 10.6. The topological polar surface area (TPSA) is 46.5 Å². The van der Waals surface area contributed by atoms with Crippen molar-refractivity contribution in [3.05, 3.63) is 59.2 Å². The Bertz CT molecular complexity index is 776. The molecule has 0 amide bonds. The van der Waals surface area contributed by atoms with Crippen molar-refractivity contribution in [3.8, 4) is 5.75 Å². The molecule has 1 atom stereocenters.